The molecule has 0 bridgehead atoms. The van der Waals surface area contributed by atoms with Crippen LogP contribution in [-0.2, 0) is 4.79 Å². The van der Waals surface area contributed by atoms with Crippen LogP contribution in [0.25, 0.3) is 0 Å². The van der Waals surface area contributed by atoms with Crippen molar-refractivity contribution in [3.63, 3.8) is 0 Å². The number of amides is 1. The number of aryl methyl sites for hydroxylation is 1. The quantitative estimate of drug-likeness (QED) is 0.792. The summed E-state index contributed by atoms with van der Waals surface area (Å²) in [5.74, 6) is -0.328. The summed E-state index contributed by atoms with van der Waals surface area (Å²) in [6.07, 6.45) is 0.663. The molecular weight excluding hydrogens is 188 g/mol. The lowest BCUT2D eigenvalue weighted by atomic mass is 9.97. The van der Waals surface area contributed by atoms with Crippen LogP contribution in [0.4, 0.5) is 5.69 Å². The van der Waals surface area contributed by atoms with E-state index in [-0.39, 0.29) is 5.91 Å². The summed E-state index contributed by atoms with van der Waals surface area (Å²) in [6.45, 7) is 5.78. The molecule has 0 spiro atoms. The molecule has 1 unspecified atom stereocenters. The first-order chi connectivity index (χ1) is 6.98. The van der Waals surface area contributed by atoms with Crippen molar-refractivity contribution in [1.29, 1.82) is 0 Å². The molecule has 3 nitrogen and oxygen atoms in total. The topological polar surface area (TPSA) is 55.1 Å². The number of primary amides is 1. The molecule has 0 aliphatic heterocycles. The van der Waals surface area contributed by atoms with E-state index in [0.29, 0.717) is 6.42 Å². The lowest BCUT2D eigenvalue weighted by Gasteiger charge is -2.27. The number of carbonyl (C=O) groups excluding carboxylic acids is 1. The molecule has 3 heteroatoms. The average molecular weight is 206 g/mol. The molecule has 0 aliphatic rings. The molecule has 82 valence electrons. The van der Waals surface area contributed by atoms with Crippen molar-refractivity contribution >= 4 is 11.6 Å². The van der Waals surface area contributed by atoms with Crippen molar-refractivity contribution in [2.24, 2.45) is 5.73 Å². The average Bonchev–Trinajstić information content (AvgIpc) is 2.21. The van der Waals surface area contributed by atoms with E-state index >= 15 is 0 Å². The Balaban J connectivity index is 2.84. The minimum absolute atomic E-state index is 0.328. The first-order valence-corrected chi connectivity index (χ1v) is 5.12. The summed E-state index contributed by atoms with van der Waals surface area (Å²) < 4.78 is 0. The first-order valence-electron chi connectivity index (χ1n) is 5.12. The highest BCUT2D eigenvalue weighted by Crippen LogP contribution is 2.18. The lowest BCUT2D eigenvalue weighted by molar-refractivity contribution is -0.121. The van der Waals surface area contributed by atoms with Gasteiger partial charge < -0.3 is 11.1 Å². The van der Waals surface area contributed by atoms with Gasteiger partial charge in [-0.15, -0.1) is 0 Å². The molecule has 1 aromatic rings. The van der Waals surface area contributed by atoms with Gasteiger partial charge in [0.15, 0.2) is 0 Å². The van der Waals surface area contributed by atoms with Crippen LogP contribution in [0, 0.1) is 6.92 Å². The Hall–Kier alpha value is -1.51. The van der Waals surface area contributed by atoms with E-state index in [0.717, 1.165) is 5.69 Å². The minimum Gasteiger partial charge on any atom is -0.371 e. The maximum absolute atomic E-state index is 11.3. The standard InChI is InChI=1S/C12H18N2O/c1-4-12(3,11(13)15)14-10-7-5-9(2)6-8-10/h5-8,14H,4H2,1-3H3,(H2,13,15). The zero-order valence-electron chi connectivity index (χ0n) is 9.50. The van der Waals surface area contributed by atoms with Crippen molar-refractivity contribution in [3.05, 3.63) is 29.8 Å². The third kappa shape index (κ3) is 2.72. The Kier molecular flexibility index (Phi) is 3.35. The lowest BCUT2D eigenvalue weighted by Crippen LogP contribution is -2.47. The Labute approximate surface area is 90.7 Å². The van der Waals surface area contributed by atoms with E-state index in [1.165, 1.54) is 5.56 Å². The molecule has 0 aromatic heterocycles. The summed E-state index contributed by atoms with van der Waals surface area (Å²) >= 11 is 0. The number of hydrogen-bond donors (Lipinski definition) is 2. The summed E-state index contributed by atoms with van der Waals surface area (Å²) in [5.41, 5.74) is 6.80. The van der Waals surface area contributed by atoms with Gasteiger partial charge in [-0.3, -0.25) is 4.79 Å². The van der Waals surface area contributed by atoms with E-state index < -0.39 is 5.54 Å². The summed E-state index contributed by atoms with van der Waals surface area (Å²) in [7, 11) is 0. The number of nitrogens with one attached hydrogen (secondary N) is 1. The predicted molar refractivity (Wildman–Crippen MR) is 62.7 cm³/mol. The summed E-state index contributed by atoms with van der Waals surface area (Å²) in [4.78, 5) is 11.3. The van der Waals surface area contributed by atoms with Crippen molar-refractivity contribution < 1.29 is 4.79 Å². The van der Waals surface area contributed by atoms with Crippen LogP contribution < -0.4 is 11.1 Å². The molecule has 1 atom stereocenters. The fourth-order valence-electron chi connectivity index (χ4n) is 1.28. The second kappa shape index (κ2) is 4.34. The molecule has 1 amide bonds. The fraction of sp³-hybridized carbons (Fsp3) is 0.417. The van der Waals surface area contributed by atoms with Gasteiger partial charge in [0.2, 0.25) is 5.91 Å². The van der Waals surface area contributed by atoms with Crippen molar-refractivity contribution in [3.8, 4) is 0 Å². The van der Waals surface area contributed by atoms with E-state index in [1.54, 1.807) is 0 Å². The molecule has 0 saturated heterocycles. The molecule has 0 saturated carbocycles. The van der Waals surface area contributed by atoms with Gasteiger partial charge in [-0.1, -0.05) is 24.6 Å². The van der Waals surface area contributed by atoms with Gasteiger partial charge >= 0.3 is 0 Å². The SMILES string of the molecule is CCC(C)(Nc1ccc(C)cc1)C(N)=O. The number of nitrogens with two attached hydrogens (primary N) is 1. The van der Waals surface area contributed by atoms with Crippen LogP contribution in [0.15, 0.2) is 24.3 Å². The fourth-order valence-corrected chi connectivity index (χ4v) is 1.28. The molecule has 0 aliphatic carbocycles. The normalized spacial score (nSPS) is 14.3. The monoisotopic (exact) mass is 206 g/mol. The number of anilines is 1. The van der Waals surface area contributed by atoms with Crippen molar-refractivity contribution in [2.45, 2.75) is 32.7 Å². The zero-order valence-corrected chi connectivity index (χ0v) is 9.50. The van der Waals surface area contributed by atoms with E-state index in [2.05, 4.69) is 5.32 Å². The summed E-state index contributed by atoms with van der Waals surface area (Å²) in [5, 5.41) is 3.16. The molecule has 3 N–H and O–H groups in total. The highest BCUT2D eigenvalue weighted by molar-refractivity contribution is 5.87. The van der Waals surface area contributed by atoms with Gasteiger partial charge in [-0.25, -0.2) is 0 Å². The molecule has 0 heterocycles. The van der Waals surface area contributed by atoms with Crippen LogP contribution in [0.5, 0.6) is 0 Å². The van der Waals surface area contributed by atoms with Gasteiger partial charge in [-0.05, 0) is 32.4 Å². The minimum atomic E-state index is -0.671. The number of benzene rings is 1. The van der Waals surface area contributed by atoms with Gasteiger partial charge in [0.1, 0.15) is 5.54 Å². The third-order valence-electron chi connectivity index (χ3n) is 2.72. The van der Waals surface area contributed by atoms with E-state index in [1.807, 2.05) is 45.0 Å². The van der Waals surface area contributed by atoms with Crippen LogP contribution in [0.2, 0.25) is 0 Å². The van der Waals surface area contributed by atoms with E-state index in [9.17, 15) is 4.79 Å². The zero-order chi connectivity index (χ0) is 11.5. The first kappa shape index (κ1) is 11.6. The van der Waals surface area contributed by atoms with Crippen molar-refractivity contribution in [1.82, 2.24) is 0 Å². The highest BCUT2D eigenvalue weighted by atomic mass is 16.1. The molecule has 0 fully saturated rings. The summed E-state index contributed by atoms with van der Waals surface area (Å²) in [6, 6.07) is 7.90. The Bertz CT molecular complexity index is 345. The smallest absolute Gasteiger partial charge is 0.242 e. The number of carbonyl (C=O) groups is 1. The third-order valence-corrected chi connectivity index (χ3v) is 2.72. The molecular formula is C12H18N2O. The molecule has 0 radical (unpaired) electrons. The van der Waals surface area contributed by atoms with Crippen LogP contribution in [-0.4, -0.2) is 11.4 Å². The Morgan fingerprint density at radius 2 is 1.93 bits per heavy atom. The van der Waals surface area contributed by atoms with Gasteiger partial charge in [0.25, 0.3) is 0 Å². The molecule has 1 rings (SSSR count). The number of hydrogen-bond acceptors (Lipinski definition) is 2. The Morgan fingerprint density at radius 1 is 1.40 bits per heavy atom. The van der Waals surface area contributed by atoms with Gasteiger partial charge in [0, 0.05) is 5.69 Å². The van der Waals surface area contributed by atoms with Crippen LogP contribution in [0.1, 0.15) is 25.8 Å². The maximum Gasteiger partial charge on any atom is 0.242 e. The Morgan fingerprint density at radius 3 is 2.33 bits per heavy atom. The van der Waals surface area contributed by atoms with Crippen molar-refractivity contribution in [2.75, 3.05) is 5.32 Å². The van der Waals surface area contributed by atoms with E-state index in [4.69, 9.17) is 5.73 Å². The predicted octanol–water partition coefficient (Wildman–Crippen LogP) is 2.06. The largest absolute Gasteiger partial charge is 0.371 e. The second-order valence-electron chi connectivity index (χ2n) is 4.04. The maximum atomic E-state index is 11.3. The molecule has 1 aromatic carbocycles. The molecule has 15 heavy (non-hydrogen) atoms. The highest BCUT2D eigenvalue weighted by Gasteiger charge is 2.28. The van der Waals surface area contributed by atoms with Gasteiger partial charge in [-0.2, -0.15) is 0 Å². The van der Waals surface area contributed by atoms with Crippen LogP contribution in [0.3, 0.4) is 0 Å². The van der Waals surface area contributed by atoms with Gasteiger partial charge in [0.05, 0.1) is 0 Å². The second-order valence-corrected chi connectivity index (χ2v) is 4.04. The van der Waals surface area contributed by atoms with Crippen LogP contribution >= 0.6 is 0 Å². The number of rotatable bonds is 4.